The molecule has 0 aliphatic heterocycles. The van der Waals surface area contributed by atoms with Crippen molar-refractivity contribution >= 4 is 10.1 Å². The highest BCUT2D eigenvalue weighted by Gasteiger charge is 2.15. The van der Waals surface area contributed by atoms with Crippen LogP contribution in [0.5, 0.6) is 5.75 Å². The van der Waals surface area contributed by atoms with Gasteiger partial charge in [-0.05, 0) is 49.7 Å². The molecule has 3 rings (SSSR count). The zero-order valence-electron chi connectivity index (χ0n) is 21.1. The van der Waals surface area contributed by atoms with Gasteiger partial charge in [-0.2, -0.15) is 8.42 Å². The summed E-state index contributed by atoms with van der Waals surface area (Å²) in [5, 5.41) is 10.6. The number of aryl methyl sites for hydroxylation is 1. The van der Waals surface area contributed by atoms with Gasteiger partial charge in [0.1, 0.15) is 11.9 Å². The molecule has 0 saturated heterocycles. The van der Waals surface area contributed by atoms with Crippen LogP contribution in [0.15, 0.2) is 83.8 Å². The topological polar surface area (TPSA) is 76.1 Å². The molecule has 35 heavy (non-hydrogen) atoms. The summed E-state index contributed by atoms with van der Waals surface area (Å²) in [6.45, 7) is 9.92. The molecule has 0 aliphatic rings. The van der Waals surface area contributed by atoms with Crippen LogP contribution in [0, 0.1) is 6.92 Å². The van der Waals surface area contributed by atoms with Gasteiger partial charge in [0, 0.05) is 12.1 Å². The SMILES string of the molecule is CCN(CC)CCCOc1ccccc1C(O)c1ccccc1.COS(=O)(=O)c1ccccc1C. The fraction of sp³-hybridized carbons (Fsp3) is 0.357. The average Bonchev–Trinajstić information content (AvgIpc) is 2.89. The third kappa shape index (κ3) is 8.78. The van der Waals surface area contributed by atoms with Crippen LogP contribution in [-0.2, 0) is 14.3 Å². The normalized spacial score (nSPS) is 12.1. The van der Waals surface area contributed by atoms with Gasteiger partial charge in [-0.15, -0.1) is 0 Å². The molecule has 6 nitrogen and oxygen atoms in total. The molecule has 3 aromatic rings. The number of para-hydroxylation sites is 1. The van der Waals surface area contributed by atoms with Crippen LogP contribution in [0.4, 0.5) is 0 Å². The van der Waals surface area contributed by atoms with E-state index in [2.05, 4.69) is 22.9 Å². The molecule has 1 N–H and O–H groups in total. The summed E-state index contributed by atoms with van der Waals surface area (Å²) in [5.74, 6) is 0.767. The Labute approximate surface area is 210 Å². The largest absolute Gasteiger partial charge is 0.493 e. The molecule has 0 aliphatic carbocycles. The molecule has 0 radical (unpaired) electrons. The van der Waals surface area contributed by atoms with Gasteiger partial charge in [0.2, 0.25) is 0 Å². The van der Waals surface area contributed by atoms with E-state index >= 15 is 0 Å². The van der Waals surface area contributed by atoms with Crippen molar-refractivity contribution in [3.8, 4) is 5.75 Å². The monoisotopic (exact) mass is 499 g/mol. The molecule has 0 saturated carbocycles. The van der Waals surface area contributed by atoms with Crippen molar-refractivity contribution in [2.24, 2.45) is 0 Å². The molecular weight excluding hydrogens is 462 g/mol. The average molecular weight is 500 g/mol. The second-order valence-electron chi connectivity index (χ2n) is 7.97. The predicted octanol–water partition coefficient (Wildman–Crippen LogP) is 5.21. The molecular formula is C28H37NO5S. The number of aliphatic hydroxyl groups is 1. The van der Waals surface area contributed by atoms with Crippen molar-refractivity contribution in [1.82, 2.24) is 4.90 Å². The Morgan fingerprint density at radius 2 is 1.49 bits per heavy atom. The van der Waals surface area contributed by atoms with E-state index in [0.29, 0.717) is 12.2 Å². The first-order chi connectivity index (χ1) is 16.8. The van der Waals surface area contributed by atoms with Gasteiger partial charge >= 0.3 is 0 Å². The number of benzene rings is 3. The number of ether oxygens (including phenoxy) is 1. The lowest BCUT2D eigenvalue weighted by Gasteiger charge is -2.19. The van der Waals surface area contributed by atoms with Crippen LogP contribution < -0.4 is 4.74 Å². The molecule has 3 aromatic carbocycles. The quantitative estimate of drug-likeness (QED) is 0.288. The molecule has 0 bridgehead atoms. The number of hydrogen-bond donors (Lipinski definition) is 1. The molecule has 0 fully saturated rings. The van der Waals surface area contributed by atoms with Gasteiger partial charge in [0.05, 0.1) is 18.6 Å². The summed E-state index contributed by atoms with van der Waals surface area (Å²) in [4.78, 5) is 2.61. The van der Waals surface area contributed by atoms with E-state index in [1.165, 1.54) is 6.07 Å². The van der Waals surface area contributed by atoms with Crippen LogP contribution in [-0.4, -0.2) is 51.8 Å². The Morgan fingerprint density at radius 3 is 2.11 bits per heavy atom. The van der Waals surface area contributed by atoms with Crippen molar-refractivity contribution in [2.45, 2.75) is 38.2 Å². The van der Waals surface area contributed by atoms with Gasteiger partial charge in [-0.3, -0.25) is 4.18 Å². The molecule has 7 heteroatoms. The maximum Gasteiger partial charge on any atom is 0.296 e. The minimum absolute atomic E-state index is 0.229. The minimum atomic E-state index is -3.53. The number of nitrogens with zero attached hydrogens (tertiary/aromatic N) is 1. The van der Waals surface area contributed by atoms with Crippen molar-refractivity contribution in [3.05, 3.63) is 95.6 Å². The van der Waals surface area contributed by atoms with Gasteiger partial charge in [0.25, 0.3) is 10.1 Å². The Kier molecular flexibility index (Phi) is 11.9. The summed E-state index contributed by atoms with van der Waals surface area (Å²) < 4.78 is 32.7. The maximum atomic E-state index is 11.2. The summed E-state index contributed by atoms with van der Waals surface area (Å²) in [5.41, 5.74) is 2.40. The zero-order chi connectivity index (χ0) is 25.7. The number of hydrogen-bond acceptors (Lipinski definition) is 6. The second-order valence-corrected chi connectivity index (χ2v) is 9.65. The van der Waals surface area contributed by atoms with Crippen molar-refractivity contribution in [1.29, 1.82) is 0 Å². The van der Waals surface area contributed by atoms with Gasteiger partial charge < -0.3 is 14.7 Å². The molecule has 0 spiro atoms. The van der Waals surface area contributed by atoms with Crippen LogP contribution in [0.25, 0.3) is 0 Å². The van der Waals surface area contributed by atoms with Crippen molar-refractivity contribution < 1.29 is 22.4 Å². The molecule has 0 heterocycles. The minimum Gasteiger partial charge on any atom is -0.493 e. The number of aliphatic hydroxyl groups excluding tert-OH is 1. The Balaban J connectivity index is 0.000000303. The molecule has 190 valence electrons. The van der Waals surface area contributed by atoms with Crippen LogP contribution in [0.2, 0.25) is 0 Å². The summed E-state index contributed by atoms with van der Waals surface area (Å²) in [6.07, 6.45) is 0.326. The first-order valence-corrected chi connectivity index (χ1v) is 13.3. The molecule has 0 amide bonds. The lowest BCUT2D eigenvalue weighted by atomic mass is 10.0. The molecule has 1 unspecified atom stereocenters. The highest BCUT2D eigenvalue weighted by atomic mass is 32.2. The fourth-order valence-electron chi connectivity index (χ4n) is 3.59. The Bertz CT molecular complexity index is 1110. The van der Waals surface area contributed by atoms with E-state index < -0.39 is 16.2 Å². The number of rotatable bonds is 11. The molecule has 1 atom stereocenters. The van der Waals surface area contributed by atoms with E-state index in [1.807, 2.05) is 54.6 Å². The second kappa shape index (κ2) is 14.6. The maximum absolute atomic E-state index is 11.2. The third-order valence-electron chi connectivity index (χ3n) is 5.68. The highest BCUT2D eigenvalue weighted by molar-refractivity contribution is 7.86. The van der Waals surface area contributed by atoms with E-state index in [9.17, 15) is 13.5 Å². The van der Waals surface area contributed by atoms with E-state index in [4.69, 9.17) is 4.74 Å². The predicted molar refractivity (Wildman–Crippen MR) is 140 cm³/mol. The summed E-state index contributed by atoms with van der Waals surface area (Å²) in [7, 11) is -2.37. The van der Waals surface area contributed by atoms with Gasteiger partial charge in [0.15, 0.2) is 0 Å². The first kappa shape index (κ1) is 28.5. The van der Waals surface area contributed by atoms with E-state index in [0.717, 1.165) is 50.0 Å². The van der Waals surface area contributed by atoms with Crippen molar-refractivity contribution in [3.63, 3.8) is 0 Å². The molecule has 0 aromatic heterocycles. The van der Waals surface area contributed by atoms with E-state index in [1.54, 1.807) is 25.1 Å². The fourth-order valence-corrected chi connectivity index (χ4v) is 4.48. The third-order valence-corrected chi connectivity index (χ3v) is 7.12. The summed E-state index contributed by atoms with van der Waals surface area (Å²) >= 11 is 0. The lowest BCUT2D eigenvalue weighted by Crippen LogP contribution is -2.25. The van der Waals surface area contributed by atoms with Gasteiger partial charge in [-0.1, -0.05) is 80.6 Å². The van der Waals surface area contributed by atoms with Crippen LogP contribution in [0.3, 0.4) is 0 Å². The van der Waals surface area contributed by atoms with Gasteiger partial charge in [-0.25, -0.2) is 0 Å². The smallest absolute Gasteiger partial charge is 0.296 e. The van der Waals surface area contributed by atoms with Crippen LogP contribution in [0.1, 0.15) is 43.1 Å². The Hall–Kier alpha value is -2.71. The van der Waals surface area contributed by atoms with E-state index in [-0.39, 0.29) is 4.90 Å². The lowest BCUT2D eigenvalue weighted by molar-refractivity contribution is 0.206. The van der Waals surface area contributed by atoms with Crippen molar-refractivity contribution in [2.75, 3.05) is 33.4 Å². The zero-order valence-corrected chi connectivity index (χ0v) is 21.9. The summed E-state index contributed by atoms with van der Waals surface area (Å²) in [6, 6.07) is 24.1. The standard InChI is InChI=1S/C20H27NO2.C8H10O3S/c1-3-21(4-2)15-10-16-23-19-14-9-8-13-18(19)20(22)17-11-6-5-7-12-17;1-7-5-3-4-6-8(7)12(9,10)11-2/h5-9,11-14,20,22H,3-4,10,15-16H2,1-2H3;3-6H,1-2H3. The highest BCUT2D eigenvalue weighted by Crippen LogP contribution is 2.29. The first-order valence-electron chi connectivity index (χ1n) is 11.9. The van der Waals surface area contributed by atoms with Crippen LogP contribution >= 0.6 is 0 Å². The Morgan fingerprint density at radius 1 is 0.886 bits per heavy atom.